The number of aryl methyl sites for hydroxylation is 2. The van der Waals surface area contributed by atoms with Crippen molar-refractivity contribution in [3.8, 4) is 22.7 Å². The number of aromatic amines is 1. The first-order valence-corrected chi connectivity index (χ1v) is 8.34. The molecule has 0 saturated heterocycles. The molecule has 4 rings (SSSR count). The fraction of sp³-hybridized carbons (Fsp3) is 0.158. The Kier molecular flexibility index (Phi) is 3.58. The molecule has 0 aliphatic rings. The Bertz CT molecular complexity index is 1070. The summed E-state index contributed by atoms with van der Waals surface area (Å²) in [5, 5.41) is 5.67. The van der Waals surface area contributed by atoms with Crippen LogP contribution < -0.4 is 0 Å². The lowest BCUT2D eigenvalue weighted by atomic mass is 10.0. The molecule has 0 spiro atoms. The highest BCUT2D eigenvalue weighted by Gasteiger charge is 2.19. The maximum absolute atomic E-state index is 5.75. The predicted octanol–water partition coefficient (Wildman–Crippen LogP) is 5.35. The number of aromatic nitrogens is 3. The lowest BCUT2D eigenvalue weighted by molar-refractivity contribution is 0.519. The van der Waals surface area contributed by atoms with E-state index in [1.807, 2.05) is 25.1 Å². The highest BCUT2D eigenvalue weighted by molar-refractivity contribution is 7.71. The topological polar surface area (TPSA) is 46.8 Å². The zero-order chi connectivity index (χ0) is 16.7. The van der Waals surface area contributed by atoms with Crippen LogP contribution in [0.15, 0.2) is 52.9 Å². The van der Waals surface area contributed by atoms with Crippen molar-refractivity contribution in [2.24, 2.45) is 0 Å². The van der Waals surface area contributed by atoms with Gasteiger partial charge in [-0.05, 0) is 43.8 Å². The van der Waals surface area contributed by atoms with Crippen molar-refractivity contribution in [1.29, 1.82) is 0 Å². The SMILES string of the molecule is CCn1nc(-c2[nH]c3ccc(C)cc3c2-c2ccccc2)oc1=S. The van der Waals surface area contributed by atoms with Crippen LogP contribution in [0.2, 0.25) is 0 Å². The van der Waals surface area contributed by atoms with Crippen LogP contribution in [0.4, 0.5) is 0 Å². The fourth-order valence-corrected chi connectivity index (χ4v) is 3.23. The second kappa shape index (κ2) is 5.76. The molecule has 0 saturated carbocycles. The molecule has 2 aromatic heterocycles. The van der Waals surface area contributed by atoms with Gasteiger partial charge in [0.05, 0.1) is 0 Å². The van der Waals surface area contributed by atoms with E-state index in [-0.39, 0.29) is 0 Å². The summed E-state index contributed by atoms with van der Waals surface area (Å²) in [7, 11) is 0. The molecule has 0 radical (unpaired) electrons. The van der Waals surface area contributed by atoms with Gasteiger partial charge >= 0.3 is 0 Å². The van der Waals surface area contributed by atoms with Gasteiger partial charge in [-0.3, -0.25) is 0 Å². The minimum absolute atomic E-state index is 0.390. The molecule has 2 aromatic carbocycles. The van der Waals surface area contributed by atoms with Gasteiger partial charge in [0.1, 0.15) is 5.69 Å². The molecule has 24 heavy (non-hydrogen) atoms. The predicted molar refractivity (Wildman–Crippen MR) is 98.5 cm³/mol. The van der Waals surface area contributed by atoms with Crippen LogP contribution in [0, 0.1) is 11.8 Å². The monoisotopic (exact) mass is 335 g/mol. The van der Waals surface area contributed by atoms with Crippen LogP contribution in [0.3, 0.4) is 0 Å². The van der Waals surface area contributed by atoms with Crippen LogP contribution in [-0.2, 0) is 6.54 Å². The maximum atomic E-state index is 5.75. The summed E-state index contributed by atoms with van der Waals surface area (Å²) in [6, 6.07) is 16.6. The van der Waals surface area contributed by atoms with Crippen LogP contribution in [0.1, 0.15) is 12.5 Å². The first-order chi connectivity index (χ1) is 11.7. The normalized spacial score (nSPS) is 11.2. The molecule has 120 valence electrons. The highest BCUT2D eigenvalue weighted by Crippen LogP contribution is 2.38. The zero-order valence-corrected chi connectivity index (χ0v) is 14.4. The van der Waals surface area contributed by atoms with Crippen molar-refractivity contribution in [3.63, 3.8) is 0 Å². The summed E-state index contributed by atoms with van der Waals surface area (Å²) in [5.41, 5.74) is 5.34. The van der Waals surface area contributed by atoms with Gasteiger partial charge in [0.25, 0.3) is 10.7 Å². The number of benzene rings is 2. The standard InChI is InChI=1S/C19H17N3OS/c1-3-22-19(24)23-18(21-22)17-16(13-7-5-4-6-8-13)14-11-12(2)9-10-15(14)20-17/h4-11,20H,3H2,1-2H3. The fourth-order valence-electron chi connectivity index (χ4n) is 2.98. The van der Waals surface area contributed by atoms with E-state index in [9.17, 15) is 0 Å². The number of nitrogens with zero attached hydrogens (tertiary/aromatic N) is 2. The molecule has 1 N–H and O–H groups in total. The van der Waals surface area contributed by atoms with Crippen molar-refractivity contribution < 1.29 is 4.42 Å². The average molecular weight is 335 g/mol. The van der Waals surface area contributed by atoms with Crippen LogP contribution in [-0.4, -0.2) is 14.8 Å². The maximum Gasteiger partial charge on any atom is 0.287 e. The molecule has 4 nitrogen and oxygen atoms in total. The third-order valence-electron chi connectivity index (χ3n) is 4.14. The van der Waals surface area contributed by atoms with Gasteiger partial charge < -0.3 is 9.40 Å². The van der Waals surface area contributed by atoms with Crippen molar-refractivity contribution in [2.75, 3.05) is 0 Å². The van der Waals surface area contributed by atoms with Gasteiger partial charge in [-0.2, -0.15) is 0 Å². The molecule has 5 heteroatoms. The largest absolute Gasteiger partial charge is 0.408 e. The first-order valence-electron chi connectivity index (χ1n) is 7.93. The Morgan fingerprint density at radius 2 is 1.96 bits per heavy atom. The third-order valence-corrected chi connectivity index (χ3v) is 4.43. The Hall–Kier alpha value is -2.66. The van der Waals surface area contributed by atoms with E-state index in [2.05, 4.69) is 47.3 Å². The average Bonchev–Trinajstić information content (AvgIpc) is 3.15. The minimum atomic E-state index is 0.390. The molecular weight excluding hydrogens is 318 g/mol. The van der Waals surface area contributed by atoms with Gasteiger partial charge in [-0.25, -0.2) is 4.68 Å². The Morgan fingerprint density at radius 3 is 2.67 bits per heavy atom. The molecule has 4 aromatic rings. The molecule has 0 unspecified atom stereocenters. The van der Waals surface area contributed by atoms with Crippen LogP contribution in [0.25, 0.3) is 33.6 Å². The van der Waals surface area contributed by atoms with Gasteiger partial charge in [0.2, 0.25) is 0 Å². The molecule has 0 aliphatic carbocycles. The quantitative estimate of drug-likeness (QED) is 0.513. The summed E-state index contributed by atoms with van der Waals surface area (Å²) in [6.45, 7) is 4.77. The molecule has 0 bridgehead atoms. The molecular formula is C19H17N3OS. The number of nitrogens with one attached hydrogen (secondary N) is 1. The van der Waals surface area contributed by atoms with Crippen LogP contribution in [0.5, 0.6) is 0 Å². The number of fused-ring (bicyclic) bond motifs is 1. The van der Waals surface area contributed by atoms with E-state index in [1.165, 1.54) is 5.56 Å². The zero-order valence-electron chi connectivity index (χ0n) is 13.5. The molecule has 2 heterocycles. The summed E-state index contributed by atoms with van der Waals surface area (Å²) in [4.78, 5) is 3.85. The molecule has 0 fully saturated rings. The van der Waals surface area contributed by atoms with E-state index in [1.54, 1.807) is 4.68 Å². The summed E-state index contributed by atoms with van der Waals surface area (Å²) >= 11 is 5.25. The molecule has 0 aliphatic heterocycles. The van der Waals surface area contributed by atoms with Crippen molar-refractivity contribution in [2.45, 2.75) is 20.4 Å². The van der Waals surface area contributed by atoms with Gasteiger partial charge in [-0.1, -0.05) is 42.0 Å². The van der Waals surface area contributed by atoms with E-state index < -0.39 is 0 Å². The third kappa shape index (κ3) is 2.37. The Balaban J connectivity index is 2.06. The molecule has 0 amide bonds. The number of hydrogen-bond acceptors (Lipinski definition) is 3. The molecule has 0 atom stereocenters. The number of hydrogen-bond donors (Lipinski definition) is 1. The van der Waals surface area contributed by atoms with Gasteiger partial charge in [0, 0.05) is 23.0 Å². The second-order valence-electron chi connectivity index (χ2n) is 5.78. The van der Waals surface area contributed by atoms with Gasteiger partial charge in [0.15, 0.2) is 0 Å². The minimum Gasteiger partial charge on any atom is -0.408 e. The number of rotatable bonds is 3. The lowest BCUT2D eigenvalue weighted by Gasteiger charge is -2.03. The van der Waals surface area contributed by atoms with E-state index in [0.717, 1.165) is 27.7 Å². The first kappa shape index (κ1) is 14.9. The van der Waals surface area contributed by atoms with E-state index in [0.29, 0.717) is 17.3 Å². The summed E-state index contributed by atoms with van der Waals surface area (Å²) in [6.07, 6.45) is 0. The van der Waals surface area contributed by atoms with Crippen molar-refractivity contribution in [1.82, 2.24) is 14.8 Å². The van der Waals surface area contributed by atoms with Crippen LogP contribution >= 0.6 is 12.2 Å². The van der Waals surface area contributed by atoms with Gasteiger partial charge in [-0.15, -0.1) is 5.10 Å². The highest BCUT2D eigenvalue weighted by atomic mass is 32.1. The summed E-state index contributed by atoms with van der Waals surface area (Å²) < 4.78 is 7.44. The lowest BCUT2D eigenvalue weighted by Crippen LogP contribution is -1.96. The number of H-pyrrole nitrogens is 1. The summed E-state index contributed by atoms with van der Waals surface area (Å²) in [5.74, 6) is 0.523. The van der Waals surface area contributed by atoms with Crippen molar-refractivity contribution in [3.05, 3.63) is 58.9 Å². The smallest absolute Gasteiger partial charge is 0.287 e. The van der Waals surface area contributed by atoms with E-state index >= 15 is 0 Å². The Labute approximate surface area is 144 Å². The van der Waals surface area contributed by atoms with Crippen molar-refractivity contribution >= 4 is 23.1 Å². The Morgan fingerprint density at radius 1 is 1.17 bits per heavy atom. The second-order valence-corrected chi connectivity index (χ2v) is 6.13. The van der Waals surface area contributed by atoms with E-state index in [4.69, 9.17) is 16.6 Å².